The predicted octanol–water partition coefficient (Wildman–Crippen LogP) is 3.98. The molecule has 2 aromatic carbocycles. The highest BCUT2D eigenvalue weighted by atomic mass is 35.5. The van der Waals surface area contributed by atoms with E-state index < -0.39 is 0 Å². The Bertz CT molecular complexity index is 686. The number of hydrogen-bond acceptors (Lipinski definition) is 1. The van der Waals surface area contributed by atoms with Crippen LogP contribution in [0.1, 0.15) is 5.56 Å². The molecule has 0 aliphatic heterocycles. The fourth-order valence-corrected chi connectivity index (χ4v) is 2.34. The van der Waals surface area contributed by atoms with Crippen LogP contribution in [0.5, 0.6) is 0 Å². The van der Waals surface area contributed by atoms with E-state index in [1.165, 1.54) is 0 Å². The lowest BCUT2D eigenvalue weighted by molar-refractivity contribution is 0.959. The second kappa shape index (κ2) is 4.46. The van der Waals surface area contributed by atoms with Gasteiger partial charge in [-0.1, -0.05) is 36.4 Å². The molecule has 18 heavy (non-hydrogen) atoms. The summed E-state index contributed by atoms with van der Waals surface area (Å²) in [6.45, 7) is 0. The van der Waals surface area contributed by atoms with Gasteiger partial charge in [-0.15, -0.1) is 11.6 Å². The summed E-state index contributed by atoms with van der Waals surface area (Å²) in [7, 11) is 2.04. The first kappa shape index (κ1) is 11.3. The topological polar surface area (TPSA) is 17.8 Å². The summed E-state index contributed by atoms with van der Waals surface area (Å²) in [5.41, 5.74) is 4.35. The molecule has 0 saturated heterocycles. The van der Waals surface area contributed by atoms with Crippen LogP contribution in [0.2, 0.25) is 0 Å². The molecule has 3 heteroatoms. The molecule has 0 unspecified atom stereocenters. The molecule has 2 nitrogen and oxygen atoms in total. The summed E-state index contributed by atoms with van der Waals surface area (Å²) in [5.74, 6) is 1.50. The van der Waals surface area contributed by atoms with Crippen molar-refractivity contribution in [2.24, 2.45) is 7.05 Å². The van der Waals surface area contributed by atoms with Crippen molar-refractivity contribution < 1.29 is 0 Å². The van der Waals surface area contributed by atoms with E-state index in [0.29, 0.717) is 5.88 Å². The van der Waals surface area contributed by atoms with E-state index >= 15 is 0 Å². The van der Waals surface area contributed by atoms with E-state index in [9.17, 15) is 0 Å². The number of hydrogen-bond donors (Lipinski definition) is 0. The molecule has 3 rings (SSSR count). The number of fused-ring (bicyclic) bond motifs is 1. The highest BCUT2D eigenvalue weighted by molar-refractivity contribution is 6.17. The molecule has 3 aromatic rings. The molecular formula is C15H13ClN2. The molecule has 0 aliphatic rings. The number of rotatable bonds is 2. The van der Waals surface area contributed by atoms with Gasteiger partial charge in [-0.05, 0) is 17.7 Å². The molecule has 0 bridgehead atoms. The first-order chi connectivity index (χ1) is 8.79. The predicted molar refractivity (Wildman–Crippen MR) is 75.7 cm³/mol. The van der Waals surface area contributed by atoms with E-state index in [2.05, 4.69) is 28.8 Å². The minimum Gasteiger partial charge on any atom is -0.327 e. The van der Waals surface area contributed by atoms with Crippen LogP contribution < -0.4 is 0 Å². The quantitative estimate of drug-likeness (QED) is 0.634. The number of halogens is 1. The largest absolute Gasteiger partial charge is 0.327 e. The molecule has 1 heterocycles. The van der Waals surface area contributed by atoms with E-state index in [0.717, 1.165) is 28.0 Å². The first-order valence-electron chi connectivity index (χ1n) is 5.86. The maximum Gasteiger partial charge on any atom is 0.140 e. The minimum absolute atomic E-state index is 0.521. The fraction of sp³-hybridized carbons (Fsp3) is 0.133. The average Bonchev–Trinajstić information content (AvgIpc) is 2.76. The van der Waals surface area contributed by atoms with Crippen molar-refractivity contribution in [2.45, 2.75) is 5.88 Å². The number of benzene rings is 2. The lowest BCUT2D eigenvalue weighted by Gasteiger charge is -2.01. The van der Waals surface area contributed by atoms with Crippen molar-refractivity contribution in [2.75, 3.05) is 0 Å². The van der Waals surface area contributed by atoms with Crippen molar-refractivity contribution in [3.05, 3.63) is 54.1 Å². The summed E-state index contributed by atoms with van der Waals surface area (Å²) in [6.07, 6.45) is 0. The van der Waals surface area contributed by atoms with Crippen LogP contribution in [0.25, 0.3) is 22.4 Å². The van der Waals surface area contributed by atoms with Crippen molar-refractivity contribution in [3.8, 4) is 11.4 Å². The molecule has 90 valence electrons. The van der Waals surface area contributed by atoms with Crippen LogP contribution in [0, 0.1) is 0 Å². The summed E-state index contributed by atoms with van der Waals surface area (Å²) in [6, 6.07) is 16.4. The summed E-state index contributed by atoms with van der Waals surface area (Å²) >= 11 is 5.86. The third-order valence-corrected chi connectivity index (χ3v) is 3.44. The monoisotopic (exact) mass is 256 g/mol. The van der Waals surface area contributed by atoms with Gasteiger partial charge in [0, 0.05) is 18.5 Å². The van der Waals surface area contributed by atoms with Gasteiger partial charge in [0.25, 0.3) is 0 Å². The van der Waals surface area contributed by atoms with Gasteiger partial charge in [0.05, 0.1) is 11.0 Å². The summed E-state index contributed by atoms with van der Waals surface area (Å²) in [5, 5.41) is 0. The Morgan fingerprint density at radius 2 is 1.89 bits per heavy atom. The molecule has 0 spiro atoms. The van der Waals surface area contributed by atoms with Gasteiger partial charge in [0.15, 0.2) is 0 Å². The lowest BCUT2D eigenvalue weighted by atomic mass is 10.2. The molecule has 0 N–H and O–H groups in total. The Labute approximate surface area is 111 Å². The molecular weight excluding hydrogens is 244 g/mol. The second-order valence-electron chi connectivity index (χ2n) is 4.32. The highest BCUT2D eigenvalue weighted by Gasteiger charge is 2.09. The highest BCUT2D eigenvalue weighted by Crippen LogP contribution is 2.24. The molecule has 0 radical (unpaired) electrons. The third-order valence-electron chi connectivity index (χ3n) is 3.13. The number of aromatic nitrogens is 2. The Morgan fingerprint density at radius 3 is 2.61 bits per heavy atom. The number of imidazole rings is 1. The van der Waals surface area contributed by atoms with Gasteiger partial charge in [-0.2, -0.15) is 0 Å². The Kier molecular flexibility index (Phi) is 2.80. The van der Waals surface area contributed by atoms with Crippen LogP contribution in [-0.4, -0.2) is 9.55 Å². The molecule has 0 fully saturated rings. The van der Waals surface area contributed by atoms with Crippen LogP contribution >= 0.6 is 11.6 Å². The maximum absolute atomic E-state index is 5.86. The average molecular weight is 257 g/mol. The SMILES string of the molecule is Cn1c(-c2ccccc2)nc2cc(CCl)ccc21. The number of alkyl halides is 1. The normalized spacial score (nSPS) is 11.0. The van der Waals surface area contributed by atoms with Gasteiger partial charge >= 0.3 is 0 Å². The Balaban J connectivity index is 2.23. The summed E-state index contributed by atoms with van der Waals surface area (Å²) < 4.78 is 2.11. The second-order valence-corrected chi connectivity index (χ2v) is 4.58. The van der Waals surface area contributed by atoms with Crippen molar-refractivity contribution >= 4 is 22.6 Å². The molecule has 0 aliphatic carbocycles. The Morgan fingerprint density at radius 1 is 1.11 bits per heavy atom. The van der Waals surface area contributed by atoms with Crippen molar-refractivity contribution in [1.82, 2.24) is 9.55 Å². The van der Waals surface area contributed by atoms with Gasteiger partial charge in [-0.3, -0.25) is 0 Å². The van der Waals surface area contributed by atoms with Gasteiger partial charge in [0.1, 0.15) is 5.82 Å². The zero-order valence-corrected chi connectivity index (χ0v) is 10.9. The molecule has 0 saturated carbocycles. The van der Waals surface area contributed by atoms with Gasteiger partial charge in [0.2, 0.25) is 0 Å². The number of nitrogens with zero attached hydrogens (tertiary/aromatic N) is 2. The number of aryl methyl sites for hydroxylation is 1. The minimum atomic E-state index is 0.521. The van der Waals surface area contributed by atoms with Crippen LogP contribution in [0.15, 0.2) is 48.5 Å². The van der Waals surface area contributed by atoms with Crippen LogP contribution in [0.3, 0.4) is 0 Å². The van der Waals surface area contributed by atoms with Crippen LogP contribution in [-0.2, 0) is 12.9 Å². The van der Waals surface area contributed by atoms with E-state index in [4.69, 9.17) is 16.6 Å². The van der Waals surface area contributed by atoms with E-state index in [1.807, 2.05) is 31.3 Å². The molecule has 0 amide bonds. The molecule has 0 atom stereocenters. The van der Waals surface area contributed by atoms with Crippen molar-refractivity contribution in [1.29, 1.82) is 0 Å². The van der Waals surface area contributed by atoms with Gasteiger partial charge < -0.3 is 4.57 Å². The zero-order chi connectivity index (χ0) is 12.5. The first-order valence-corrected chi connectivity index (χ1v) is 6.40. The van der Waals surface area contributed by atoms with E-state index in [-0.39, 0.29) is 0 Å². The van der Waals surface area contributed by atoms with E-state index in [1.54, 1.807) is 0 Å². The Hall–Kier alpha value is -1.80. The fourth-order valence-electron chi connectivity index (χ4n) is 2.17. The lowest BCUT2D eigenvalue weighted by Crippen LogP contribution is -1.91. The van der Waals surface area contributed by atoms with Gasteiger partial charge in [-0.25, -0.2) is 4.98 Å². The smallest absolute Gasteiger partial charge is 0.140 e. The standard InChI is InChI=1S/C15H13ClN2/c1-18-14-8-7-11(10-16)9-13(14)17-15(18)12-5-3-2-4-6-12/h2-9H,10H2,1H3. The maximum atomic E-state index is 5.86. The summed E-state index contributed by atoms with van der Waals surface area (Å²) in [4.78, 5) is 4.70. The van der Waals surface area contributed by atoms with Crippen molar-refractivity contribution in [3.63, 3.8) is 0 Å². The third kappa shape index (κ3) is 1.79. The molecule has 1 aromatic heterocycles. The zero-order valence-electron chi connectivity index (χ0n) is 10.1. The van der Waals surface area contributed by atoms with Crippen LogP contribution in [0.4, 0.5) is 0 Å².